The molecule has 0 bridgehead atoms. The summed E-state index contributed by atoms with van der Waals surface area (Å²) in [4.78, 5) is 26.5. The standard InChI is InChI=1S/C14H12F3N3O3/c1-8(21)23-10-6-4-3-5-9(10)12(22)19-13-18-11(7-20(13)2)14(15,16)17/h3-7H,1-2H3,(H,18,19,22). The number of carbonyl (C=O) groups is 2. The highest BCUT2D eigenvalue weighted by Gasteiger charge is 2.34. The highest BCUT2D eigenvalue weighted by molar-refractivity contribution is 6.05. The highest BCUT2D eigenvalue weighted by Crippen LogP contribution is 2.29. The molecule has 1 aromatic carbocycles. The number of aryl methyl sites for hydroxylation is 1. The summed E-state index contributed by atoms with van der Waals surface area (Å²) in [7, 11) is 1.32. The first-order valence-electron chi connectivity index (χ1n) is 6.38. The summed E-state index contributed by atoms with van der Waals surface area (Å²) < 4.78 is 43.7. The Balaban J connectivity index is 2.27. The molecule has 1 heterocycles. The number of esters is 1. The average Bonchev–Trinajstić information content (AvgIpc) is 2.80. The number of alkyl halides is 3. The molecular formula is C14H12F3N3O3. The number of halogens is 3. The van der Waals surface area contributed by atoms with Gasteiger partial charge in [-0.3, -0.25) is 14.9 Å². The summed E-state index contributed by atoms with van der Waals surface area (Å²) in [6, 6.07) is 5.86. The van der Waals surface area contributed by atoms with Crippen LogP contribution in [0.2, 0.25) is 0 Å². The predicted octanol–water partition coefficient (Wildman–Crippen LogP) is 2.62. The zero-order valence-corrected chi connectivity index (χ0v) is 12.1. The first-order chi connectivity index (χ1) is 10.7. The zero-order chi connectivity index (χ0) is 17.2. The van der Waals surface area contributed by atoms with Gasteiger partial charge in [0.1, 0.15) is 5.75 Å². The lowest BCUT2D eigenvalue weighted by molar-refractivity contribution is -0.141. The molecule has 1 aromatic heterocycles. The van der Waals surface area contributed by atoms with E-state index in [1.807, 2.05) is 0 Å². The number of nitrogens with zero attached hydrogens (tertiary/aromatic N) is 2. The van der Waals surface area contributed by atoms with Crippen molar-refractivity contribution < 1.29 is 27.5 Å². The van der Waals surface area contributed by atoms with Gasteiger partial charge < -0.3 is 9.30 Å². The predicted molar refractivity (Wildman–Crippen MR) is 73.9 cm³/mol. The molecule has 0 aliphatic heterocycles. The van der Waals surface area contributed by atoms with Gasteiger partial charge in [0.05, 0.1) is 5.56 Å². The summed E-state index contributed by atoms with van der Waals surface area (Å²) in [6.07, 6.45) is -3.86. The van der Waals surface area contributed by atoms with Crippen LogP contribution in [-0.2, 0) is 18.0 Å². The van der Waals surface area contributed by atoms with E-state index in [4.69, 9.17) is 4.74 Å². The lowest BCUT2D eigenvalue weighted by Gasteiger charge is -2.09. The maximum Gasteiger partial charge on any atom is 0.434 e. The van der Waals surface area contributed by atoms with E-state index in [-0.39, 0.29) is 17.3 Å². The monoisotopic (exact) mass is 327 g/mol. The van der Waals surface area contributed by atoms with Crippen LogP contribution < -0.4 is 10.1 Å². The second-order valence-corrected chi connectivity index (χ2v) is 4.60. The molecule has 0 aliphatic rings. The van der Waals surface area contributed by atoms with E-state index < -0.39 is 23.7 Å². The van der Waals surface area contributed by atoms with Gasteiger partial charge in [0.15, 0.2) is 5.69 Å². The van der Waals surface area contributed by atoms with Crippen molar-refractivity contribution in [2.45, 2.75) is 13.1 Å². The van der Waals surface area contributed by atoms with Crippen molar-refractivity contribution in [2.75, 3.05) is 5.32 Å². The fourth-order valence-electron chi connectivity index (χ4n) is 1.79. The second-order valence-electron chi connectivity index (χ2n) is 4.60. The molecule has 122 valence electrons. The number of aromatic nitrogens is 2. The first kappa shape index (κ1) is 16.5. The van der Waals surface area contributed by atoms with Crippen molar-refractivity contribution in [3.05, 3.63) is 41.7 Å². The normalized spacial score (nSPS) is 11.2. The Morgan fingerprint density at radius 2 is 1.91 bits per heavy atom. The topological polar surface area (TPSA) is 73.2 Å². The Kier molecular flexibility index (Phi) is 4.39. The Morgan fingerprint density at radius 1 is 1.26 bits per heavy atom. The molecule has 0 atom stereocenters. The Hall–Kier alpha value is -2.84. The van der Waals surface area contributed by atoms with Crippen molar-refractivity contribution in [3.8, 4) is 5.75 Å². The van der Waals surface area contributed by atoms with Crippen LogP contribution in [0.5, 0.6) is 5.75 Å². The number of imidazole rings is 1. The van der Waals surface area contributed by atoms with E-state index in [1.54, 1.807) is 6.07 Å². The van der Waals surface area contributed by atoms with Crippen LogP contribution in [0.3, 0.4) is 0 Å². The number of para-hydroxylation sites is 1. The fraction of sp³-hybridized carbons (Fsp3) is 0.214. The Labute approximate surface area is 128 Å². The van der Waals surface area contributed by atoms with E-state index in [0.29, 0.717) is 0 Å². The number of carbonyl (C=O) groups excluding carboxylic acids is 2. The average molecular weight is 327 g/mol. The fourth-order valence-corrected chi connectivity index (χ4v) is 1.79. The van der Waals surface area contributed by atoms with Gasteiger partial charge >= 0.3 is 12.1 Å². The molecule has 23 heavy (non-hydrogen) atoms. The molecule has 0 radical (unpaired) electrons. The molecule has 2 rings (SSSR count). The van der Waals surface area contributed by atoms with Crippen molar-refractivity contribution in [1.29, 1.82) is 0 Å². The summed E-state index contributed by atoms with van der Waals surface area (Å²) >= 11 is 0. The lowest BCUT2D eigenvalue weighted by Crippen LogP contribution is -2.17. The number of amides is 1. The quantitative estimate of drug-likeness (QED) is 0.695. The molecule has 0 fully saturated rings. The minimum absolute atomic E-state index is 0.000686. The number of benzene rings is 1. The maximum atomic E-state index is 12.6. The lowest BCUT2D eigenvalue weighted by atomic mass is 10.2. The van der Waals surface area contributed by atoms with E-state index in [0.717, 1.165) is 10.8 Å². The molecule has 2 aromatic rings. The van der Waals surface area contributed by atoms with Crippen LogP contribution in [0, 0.1) is 0 Å². The van der Waals surface area contributed by atoms with E-state index >= 15 is 0 Å². The van der Waals surface area contributed by atoms with Crippen LogP contribution in [0.1, 0.15) is 23.0 Å². The third-order valence-electron chi connectivity index (χ3n) is 2.78. The minimum atomic E-state index is -4.61. The SMILES string of the molecule is CC(=O)Oc1ccccc1C(=O)Nc1nc(C(F)(F)F)cn1C. The molecule has 1 N–H and O–H groups in total. The van der Waals surface area contributed by atoms with Crippen LogP contribution >= 0.6 is 0 Å². The van der Waals surface area contributed by atoms with E-state index in [9.17, 15) is 22.8 Å². The summed E-state index contributed by atoms with van der Waals surface area (Å²) in [5.41, 5.74) is -1.12. The smallest absolute Gasteiger partial charge is 0.426 e. The van der Waals surface area contributed by atoms with Gasteiger partial charge in [-0.2, -0.15) is 13.2 Å². The number of ether oxygens (including phenoxy) is 1. The van der Waals surface area contributed by atoms with Gasteiger partial charge in [0.25, 0.3) is 5.91 Å². The van der Waals surface area contributed by atoms with Gasteiger partial charge in [-0.15, -0.1) is 0 Å². The van der Waals surface area contributed by atoms with Gasteiger partial charge in [0.2, 0.25) is 5.95 Å². The second kappa shape index (κ2) is 6.11. The zero-order valence-electron chi connectivity index (χ0n) is 12.1. The number of hydrogen-bond acceptors (Lipinski definition) is 4. The molecule has 0 aliphatic carbocycles. The maximum absolute atomic E-state index is 12.6. The van der Waals surface area contributed by atoms with Crippen LogP contribution in [-0.4, -0.2) is 21.4 Å². The summed E-state index contributed by atoms with van der Waals surface area (Å²) in [5, 5.41) is 2.25. The van der Waals surface area contributed by atoms with Gasteiger partial charge in [0, 0.05) is 20.2 Å². The highest BCUT2D eigenvalue weighted by atomic mass is 19.4. The summed E-state index contributed by atoms with van der Waals surface area (Å²) in [6.45, 7) is 1.17. The van der Waals surface area contributed by atoms with E-state index in [2.05, 4.69) is 10.3 Å². The summed E-state index contributed by atoms with van der Waals surface area (Å²) in [5.74, 6) is -1.64. The van der Waals surface area contributed by atoms with Crippen molar-refractivity contribution >= 4 is 17.8 Å². The number of hydrogen-bond donors (Lipinski definition) is 1. The molecule has 0 unspecified atom stereocenters. The third-order valence-corrected chi connectivity index (χ3v) is 2.78. The van der Waals surface area contributed by atoms with Crippen molar-refractivity contribution in [2.24, 2.45) is 7.05 Å². The molecule has 9 heteroatoms. The largest absolute Gasteiger partial charge is 0.434 e. The number of nitrogens with one attached hydrogen (secondary N) is 1. The van der Waals surface area contributed by atoms with Crippen molar-refractivity contribution in [3.63, 3.8) is 0 Å². The minimum Gasteiger partial charge on any atom is -0.426 e. The number of anilines is 1. The Morgan fingerprint density at radius 3 is 2.48 bits per heavy atom. The van der Waals surface area contributed by atoms with Crippen LogP contribution in [0.15, 0.2) is 30.5 Å². The van der Waals surface area contributed by atoms with Gasteiger partial charge in [-0.25, -0.2) is 4.98 Å². The number of rotatable bonds is 3. The first-order valence-corrected chi connectivity index (χ1v) is 6.38. The Bertz CT molecular complexity index is 753. The van der Waals surface area contributed by atoms with Crippen LogP contribution in [0.4, 0.5) is 19.1 Å². The van der Waals surface area contributed by atoms with Gasteiger partial charge in [-0.1, -0.05) is 12.1 Å². The van der Waals surface area contributed by atoms with Crippen molar-refractivity contribution in [1.82, 2.24) is 9.55 Å². The van der Waals surface area contributed by atoms with Crippen LogP contribution in [0.25, 0.3) is 0 Å². The molecule has 1 amide bonds. The molecule has 6 nitrogen and oxygen atoms in total. The van der Waals surface area contributed by atoms with E-state index in [1.165, 1.54) is 32.2 Å². The van der Waals surface area contributed by atoms with Gasteiger partial charge in [-0.05, 0) is 12.1 Å². The molecule has 0 saturated carbocycles. The third kappa shape index (κ3) is 3.87. The molecule has 0 saturated heterocycles. The molecular weight excluding hydrogens is 315 g/mol. The molecule has 0 spiro atoms.